The molecule has 2 aromatic heterocycles. The molecule has 0 aliphatic carbocycles. The molecule has 3 aromatic rings. The lowest BCUT2D eigenvalue weighted by Crippen LogP contribution is -2.38. The SMILES string of the molecule is CC(=O)N1CCc2c(cn(-c3ccc(-n4ccnc4C)cc3)c(=O)c2C(=O)O)C1.O=CO. The molecule has 0 saturated heterocycles. The molecule has 10 nitrogen and oxygen atoms in total. The highest BCUT2D eigenvalue weighted by molar-refractivity contribution is 5.89. The fourth-order valence-corrected chi connectivity index (χ4v) is 3.76. The number of aromatic nitrogens is 3. The van der Waals surface area contributed by atoms with Crippen molar-refractivity contribution in [2.24, 2.45) is 0 Å². The molecule has 0 bridgehead atoms. The monoisotopic (exact) mass is 438 g/mol. The van der Waals surface area contributed by atoms with E-state index in [1.54, 1.807) is 29.4 Å². The number of carbonyl (C=O) groups excluding carboxylic acids is 1. The summed E-state index contributed by atoms with van der Waals surface area (Å²) in [7, 11) is 0. The Morgan fingerprint density at radius 3 is 2.22 bits per heavy atom. The number of benzene rings is 1. The second-order valence-corrected chi connectivity index (χ2v) is 7.15. The van der Waals surface area contributed by atoms with Gasteiger partial charge in [-0.15, -0.1) is 0 Å². The summed E-state index contributed by atoms with van der Waals surface area (Å²) in [5.74, 6) is -0.492. The van der Waals surface area contributed by atoms with Gasteiger partial charge in [0.1, 0.15) is 11.4 Å². The van der Waals surface area contributed by atoms with Crippen molar-refractivity contribution in [2.75, 3.05) is 6.54 Å². The number of pyridine rings is 1. The van der Waals surface area contributed by atoms with Gasteiger partial charge in [0.2, 0.25) is 5.91 Å². The zero-order chi connectivity index (χ0) is 23.4. The second-order valence-electron chi connectivity index (χ2n) is 7.15. The number of carbonyl (C=O) groups is 3. The largest absolute Gasteiger partial charge is 0.483 e. The molecular formula is C22H22N4O6. The Morgan fingerprint density at radius 1 is 1.12 bits per heavy atom. The minimum absolute atomic E-state index is 0.0784. The predicted octanol–water partition coefficient (Wildman–Crippen LogP) is 1.64. The maximum Gasteiger partial charge on any atom is 0.341 e. The highest BCUT2D eigenvalue weighted by Gasteiger charge is 2.27. The van der Waals surface area contributed by atoms with Crippen molar-refractivity contribution in [1.29, 1.82) is 0 Å². The summed E-state index contributed by atoms with van der Waals surface area (Å²) in [4.78, 5) is 50.8. The molecule has 1 amide bonds. The summed E-state index contributed by atoms with van der Waals surface area (Å²) in [6, 6.07) is 7.22. The van der Waals surface area contributed by atoms with Crippen molar-refractivity contribution >= 4 is 18.3 Å². The maximum absolute atomic E-state index is 13.0. The molecule has 2 N–H and O–H groups in total. The van der Waals surface area contributed by atoms with Gasteiger partial charge in [-0.3, -0.25) is 19.0 Å². The van der Waals surface area contributed by atoms with Gasteiger partial charge in [-0.2, -0.15) is 0 Å². The van der Waals surface area contributed by atoms with Crippen LogP contribution < -0.4 is 5.56 Å². The molecule has 1 aliphatic rings. The number of rotatable bonds is 3. The third-order valence-electron chi connectivity index (χ3n) is 5.29. The summed E-state index contributed by atoms with van der Waals surface area (Å²) < 4.78 is 3.25. The molecule has 10 heteroatoms. The first-order valence-electron chi connectivity index (χ1n) is 9.73. The summed E-state index contributed by atoms with van der Waals surface area (Å²) >= 11 is 0. The molecule has 1 aliphatic heterocycles. The van der Waals surface area contributed by atoms with Crippen molar-refractivity contribution in [1.82, 2.24) is 19.0 Å². The van der Waals surface area contributed by atoms with Crippen molar-refractivity contribution in [3.05, 3.63) is 75.7 Å². The van der Waals surface area contributed by atoms with Gasteiger partial charge in [0.25, 0.3) is 12.0 Å². The number of amides is 1. The van der Waals surface area contributed by atoms with Crippen LogP contribution >= 0.6 is 0 Å². The van der Waals surface area contributed by atoms with E-state index in [-0.39, 0.29) is 24.5 Å². The summed E-state index contributed by atoms with van der Waals surface area (Å²) in [6.07, 6.45) is 5.55. The second kappa shape index (κ2) is 9.29. The topological polar surface area (TPSA) is 135 Å². The Kier molecular flexibility index (Phi) is 6.53. The van der Waals surface area contributed by atoms with Crippen LogP contribution in [0, 0.1) is 6.92 Å². The molecule has 166 valence electrons. The number of hydrogen-bond donors (Lipinski definition) is 2. The normalized spacial score (nSPS) is 12.4. The van der Waals surface area contributed by atoms with Gasteiger partial charge in [-0.05, 0) is 48.7 Å². The molecule has 4 rings (SSSR count). The van der Waals surface area contributed by atoms with E-state index in [9.17, 15) is 19.5 Å². The van der Waals surface area contributed by atoms with Crippen LogP contribution in [-0.2, 0) is 22.6 Å². The Hall–Kier alpha value is -4.21. The number of aryl methyl sites for hydroxylation is 1. The zero-order valence-corrected chi connectivity index (χ0v) is 17.6. The van der Waals surface area contributed by atoms with E-state index in [1.165, 1.54) is 11.5 Å². The molecule has 0 saturated carbocycles. The predicted molar refractivity (Wildman–Crippen MR) is 114 cm³/mol. The van der Waals surface area contributed by atoms with E-state index in [0.29, 0.717) is 29.8 Å². The molecule has 0 unspecified atom stereocenters. The van der Waals surface area contributed by atoms with E-state index in [1.807, 2.05) is 29.8 Å². The molecule has 3 heterocycles. The number of fused-ring (bicyclic) bond motifs is 1. The fraction of sp³-hybridized carbons (Fsp3) is 0.227. The summed E-state index contributed by atoms with van der Waals surface area (Å²) in [5, 5.41) is 16.6. The fourth-order valence-electron chi connectivity index (χ4n) is 3.76. The van der Waals surface area contributed by atoms with Gasteiger partial charge in [0.15, 0.2) is 0 Å². The van der Waals surface area contributed by atoms with Crippen LogP contribution in [0.1, 0.15) is 34.2 Å². The van der Waals surface area contributed by atoms with Crippen molar-refractivity contribution in [3.8, 4) is 11.4 Å². The minimum Gasteiger partial charge on any atom is -0.483 e. The molecule has 0 fully saturated rings. The number of imidazole rings is 1. The van der Waals surface area contributed by atoms with E-state index in [4.69, 9.17) is 9.90 Å². The molecular weight excluding hydrogens is 416 g/mol. The van der Waals surface area contributed by atoms with E-state index in [2.05, 4.69) is 4.98 Å². The average Bonchev–Trinajstić information content (AvgIpc) is 3.19. The van der Waals surface area contributed by atoms with Gasteiger partial charge in [-0.25, -0.2) is 9.78 Å². The molecule has 0 radical (unpaired) electrons. The standard InChI is InChI=1S/C21H20N4O4.CH2O2/c1-13-22-8-10-24(13)16-3-5-17(6-4-16)25-12-15-11-23(14(2)26)9-7-18(15)19(20(25)27)21(28)29;2-1-3/h3-6,8,10,12H,7,9,11H2,1-2H3,(H,28,29);1H,(H,2,3). The molecule has 0 atom stereocenters. The van der Waals surface area contributed by atoms with Crippen molar-refractivity contribution in [3.63, 3.8) is 0 Å². The number of nitrogens with zero attached hydrogens (tertiary/aromatic N) is 4. The average molecular weight is 438 g/mol. The number of aromatic carboxylic acids is 1. The quantitative estimate of drug-likeness (QED) is 0.594. The van der Waals surface area contributed by atoms with Gasteiger partial charge in [0.05, 0.1) is 0 Å². The first kappa shape index (κ1) is 22.5. The third-order valence-corrected chi connectivity index (χ3v) is 5.29. The lowest BCUT2D eigenvalue weighted by atomic mass is 9.96. The Morgan fingerprint density at radius 2 is 1.72 bits per heavy atom. The molecule has 0 spiro atoms. The first-order chi connectivity index (χ1) is 15.3. The van der Waals surface area contributed by atoms with Crippen LogP contribution in [0.5, 0.6) is 0 Å². The molecule has 32 heavy (non-hydrogen) atoms. The summed E-state index contributed by atoms with van der Waals surface area (Å²) in [6.45, 7) is 3.82. The van der Waals surface area contributed by atoms with Crippen LogP contribution in [-0.4, -0.2) is 54.1 Å². The minimum atomic E-state index is -1.25. The Labute approximate surface area is 183 Å². The summed E-state index contributed by atoms with van der Waals surface area (Å²) in [5.41, 5.74) is 1.84. The van der Waals surface area contributed by atoms with Gasteiger partial charge in [0, 0.05) is 50.0 Å². The Bertz CT molecular complexity index is 1230. The first-order valence-corrected chi connectivity index (χ1v) is 9.73. The van der Waals surface area contributed by atoms with E-state index >= 15 is 0 Å². The van der Waals surface area contributed by atoms with E-state index in [0.717, 1.165) is 11.5 Å². The maximum atomic E-state index is 13.0. The van der Waals surface area contributed by atoms with Crippen molar-refractivity contribution in [2.45, 2.75) is 26.8 Å². The van der Waals surface area contributed by atoms with Crippen molar-refractivity contribution < 1.29 is 24.6 Å². The van der Waals surface area contributed by atoms with Gasteiger partial charge >= 0.3 is 5.97 Å². The number of carboxylic acids is 1. The lowest BCUT2D eigenvalue weighted by Gasteiger charge is -2.29. The van der Waals surface area contributed by atoms with Crippen LogP contribution in [0.4, 0.5) is 0 Å². The molecule has 1 aromatic carbocycles. The highest BCUT2D eigenvalue weighted by Crippen LogP contribution is 2.23. The Balaban J connectivity index is 0.000000913. The third kappa shape index (κ3) is 4.29. The van der Waals surface area contributed by atoms with Crippen LogP contribution in [0.2, 0.25) is 0 Å². The van der Waals surface area contributed by atoms with Crippen LogP contribution in [0.25, 0.3) is 11.4 Å². The van der Waals surface area contributed by atoms with Gasteiger partial charge < -0.3 is 19.7 Å². The number of hydrogen-bond acceptors (Lipinski definition) is 5. The van der Waals surface area contributed by atoms with Crippen LogP contribution in [0.3, 0.4) is 0 Å². The number of carboxylic acid groups (broad SMARTS) is 2. The van der Waals surface area contributed by atoms with Crippen LogP contribution in [0.15, 0.2) is 47.7 Å². The smallest absolute Gasteiger partial charge is 0.341 e. The zero-order valence-electron chi connectivity index (χ0n) is 17.6. The van der Waals surface area contributed by atoms with E-state index < -0.39 is 11.5 Å². The van der Waals surface area contributed by atoms with Gasteiger partial charge in [-0.1, -0.05) is 0 Å². The lowest BCUT2D eigenvalue weighted by molar-refractivity contribution is -0.129. The highest BCUT2D eigenvalue weighted by atomic mass is 16.4.